The third-order valence-electron chi connectivity index (χ3n) is 5.10. The van der Waals surface area contributed by atoms with Crippen LogP contribution in [0, 0.1) is 0 Å². The Hall–Kier alpha value is -4.46. The predicted octanol–water partition coefficient (Wildman–Crippen LogP) is 3.65. The molecule has 3 aromatic heterocycles. The van der Waals surface area contributed by atoms with E-state index in [-0.39, 0.29) is 11.9 Å². The molecular formula is C24H20N6O2. The molecule has 8 heteroatoms. The number of amides is 1. The quantitative estimate of drug-likeness (QED) is 0.430. The summed E-state index contributed by atoms with van der Waals surface area (Å²) in [4.78, 5) is 25.6. The minimum Gasteiger partial charge on any atom is -0.463 e. The zero-order chi connectivity index (χ0) is 21.9. The second-order valence-corrected chi connectivity index (χ2v) is 7.32. The van der Waals surface area contributed by atoms with E-state index in [1.807, 2.05) is 65.2 Å². The Morgan fingerprint density at radius 2 is 1.78 bits per heavy atom. The number of nitrogen functional groups attached to an aromatic ring is 1. The van der Waals surface area contributed by atoms with E-state index < -0.39 is 0 Å². The van der Waals surface area contributed by atoms with Gasteiger partial charge >= 0.3 is 0 Å². The van der Waals surface area contributed by atoms with Gasteiger partial charge in [0.15, 0.2) is 11.4 Å². The Balaban J connectivity index is 1.33. The molecule has 8 nitrogen and oxygen atoms in total. The smallest absolute Gasteiger partial charge is 0.251 e. The third-order valence-corrected chi connectivity index (χ3v) is 5.10. The second kappa shape index (κ2) is 8.35. The minimum absolute atomic E-state index is 0.114. The lowest BCUT2D eigenvalue weighted by molar-refractivity contribution is 0.0951. The van der Waals surface area contributed by atoms with Gasteiger partial charge in [-0.25, -0.2) is 9.97 Å². The Labute approximate surface area is 183 Å². The number of hydrogen-bond acceptors (Lipinski definition) is 6. The number of carbonyl (C=O) groups excluding carboxylic acids is 1. The molecule has 158 valence electrons. The van der Waals surface area contributed by atoms with Crippen molar-refractivity contribution in [2.75, 3.05) is 5.73 Å². The Morgan fingerprint density at radius 3 is 2.53 bits per heavy atom. The highest BCUT2D eigenvalue weighted by molar-refractivity contribution is 5.94. The minimum atomic E-state index is -0.114. The summed E-state index contributed by atoms with van der Waals surface area (Å²) in [6.07, 6.45) is 3.28. The molecule has 0 radical (unpaired) electrons. The van der Waals surface area contributed by atoms with Crippen LogP contribution < -0.4 is 11.1 Å². The summed E-state index contributed by atoms with van der Waals surface area (Å²) < 4.78 is 7.35. The van der Waals surface area contributed by atoms with Crippen molar-refractivity contribution in [1.29, 1.82) is 0 Å². The fourth-order valence-electron chi connectivity index (χ4n) is 3.50. The lowest BCUT2D eigenvalue weighted by Crippen LogP contribution is -2.22. The van der Waals surface area contributed by atoms with Gasteiger partial charge in [0.05, 0.1) is 19.1 Å². The monoisotopic (exact) mass is 424 g/mol. The average molecular weight is 424 g/mol. The molecule has 3 heterocycles. The van der Waals surface area contributed by atoms with Gasteiger partial charge < -0.3 is 20.0 Å². The van der Waals surface area contributed by atoms with Crippen LogP contribution >= 0.6 is 0 Å². The maximum Gasteiger partial charge on any atom is 0.251 e. The van der Waals surface area contributed by atoms with Crippen LogP contribution in [0.15, 0.2) is 83.7 Å². The maximum absolute atomic E-state index is 12.4. The molecule has 0 spiro atoms. The molecule has 0 bridgehead atoms. The summed E-state index contributed by atoms with van der Waals surface area (Å²) in [5.41, 5.74) is 10.4. The highest BCUT2D eigenvalue weighted by Crippen LogP contribution is 2.26. The molecule has 0 aliphatic heterocycles. The molecule has 2 aromatic carbocycles. The van der Waals surface area contributed by atoms with E-state index >= 15 is 0 Å². The molecule has 0 aliphatic carbocycles. The number of nitrogens with zero attached hydrogens (tertiary/aromatic N) is 4. The lowest BCUT2D eigenvalue weighted by Gasteiger charge is -2.08. The number of hydrogen-bond donors (Lipinski definition) is 2. The first-order valence-electron chi connectivity index (χ1n) is 10.1. The average Bonchev–Trinajstić information content (AvgIpc) is 3.49. The zero-order valence-electron chi connectivity index (χ0n) is 17.1. The number of furan rings is 1. The first kappa shape index (κ1) is 19.5. The van der Waals surface area contributed by atoms with Crippen molar-refractivity contribution in [3.05, 3.63) is 96.0 Å². The summed E-state index contributed by atoms with van der Waals surface area (Å²) in [6, 6.07) is 20.9. The molecule has 32 heavy (non-hydrogen) atoms. The normalized spacial score (nSPS) is 11.0. The molecule has 0 saturated heterocycles. The fraction of sp³-hybridized carbons (Fsp3) is 0.0833. The van der Waals surface area contributed by atoms with E-state index in [9.17, 15) is 4.79 Å². The maximum atomic E-state index is 12.4. The standard InChI is InChI=1S/C24H20N6O2/c25-24-28-20(19-7-4-12-32-19)21-22(29-24)30(15-27-21)14-17-8-10-18(11-9-17)23(31)26-13-16-5-2-1-3-6-16/h1-12,15H,13-14H2,(H,26,31)(H2,25,28,29). The number of imidazole rings is 1. The van der Waals surface area contributed by atoms with Crippen molar-refractivity contribution in [1.82, 2.24) is 24.8 Å². The zero-order valence-corrected chi connectivity index (χ0v) is 17.1. The van der Waals surface area contributed by atoms with Crippen molar-refractivity contribution in [2.24, 2.45) is 0 Å². The summed E-state index contributed by atoms with van der Waals surface area (Å²) in [6.45, 7) is 1.01. The number of rotatable bonds is 6. The number of benzene rings is 2. The van der Waals surface area contributed by atoms with Crippen molar-refractivity contribution >= 4 is 23.0 Å². The first-order chi connectivity index (χ1) is 15.7. The van der Waals surface area contributed by atoms with Crippen molar-refractivity contribution < 1.29 is 9.21 Å². The van der Waals surface area contributed by atoms with E-state index in [4.69, 9.17) is 10.2 Å². The molecule has 0 atom stereocenters. The molecule has 0 saturated carbocycles. The van der Waals surface area contributed by atoms with Crippen LogP contribution in [0.2, 0.25) is 0 Å². The van der Waals surface area contributed by atoms with E-state index in [1.54, 1.807) is 18.7 Å². The van der Waals surface area contributed by atoms with Gasteiger partial charge in [-0.2, -0.15) is 4.98 Å². The second-order valence-electron chi connectivity index (χ2n) is 7.32. The molecule has 5 aromatic rings. The van der Waals surface area contributed by atoms with Gasteiger partial charge in [0.1, 0.15) is 11.2 Å². The van der Waals surface area contributed by atoms with E-state index in [0.717, 1.165) is 11.1 Å². The first-order valence-corrected chi connectivity index (χ1v) is 10.1. The topological polar surface area (TPSA) is 112 Å². The van der Waals surface area contributed by atoms with Gasteiger partial charge in [-0.1, -0.05) is 42.5 Å². The van der Waals surface area contributed by atoms with Crippen molar-refractivity contribution in [2.45, 2.75) is 13.1 Å². The third kappa shape index (κ3) is 3.93. The van der Waals surface area contributed by atoms with Gasteiger partial charge in [-0.15, -0.1) is 0 Å². The Morgan fingerprint density at radius 1 is 0.969 bits per heavy atom. The highest BCUT2D eigenvalue weighted by atomic mass is 16.3. The Kier molecular flexibility index (Phi) is 5.09. The number of fused-ring (bicyclic) bond motifs is 1. The molecule has 3 N–H and O–H groups in total. The SMILES string of the molecule is Nc1nc(-c2ccco2)c2ncn(Cc3ccc(C(=O)NCc4ccccc4)cc3)c2n1. The largest absolute Gasteiger partial charge is 0.463 e. The summed E-state index contributed by atoms with van der Waals surface area (Å²) in [7, 11) is 0. The van der Waals surface area contributed by atoms with Crippen molar-refractivity contribution in [3.8, 4) is 11.5 Å². The van der Waals surface area contributed by atoms with Gasteiger partial charge in [0.25, 0.3) is 5.91 Å². The van der Waals surface area contributed by atoms with Crippen LogP contribution in [0.25, 0.3) is 22.6 Å². The number of anilines is 1. The van der Waals surface area contributed by atoms with Crippen molar-refractivity contribution in [3.63, 3.8) is 0 Å². The van der Waals surface area contributed by atoms with E-state index in [0.29, 0.717) is 41.3 Å². The van der Waals surface area contributed by atoms with Crippen LogP contribution in [0.5, 0.6) is 0 Å². The van der Waals surface area contributed by atoms with Gasteiger partial charge in [-0.05, 0) is 35.4 Å². The summed E-state index contributed by atoms with van der Waals surface area (Å²) >= 11 is 0. The van der Waals surface area contributed by atoms with Crippen LogP contribution in [0.4, 0.5) is 5.95 Å². The van der Waals surface area contributed by atoms with Gasteiger partial charge in [0, 0.05) is 12.1 Å². The van der Waals surface area contributed by atoms with E-state index in [1.165, 1.54) is 0 Å². The number of nitrogens with two attached hydrogens (primary N) is 1. The Bertz CT molecular complexity index is 1360. The van der Waals surface area contributed by atoms with Crippen LogP contribution in [0.1, 0.15) is 21.5 Å². The van der Waals surface area contributed by atoms with Gasteiger partial charge in [-0.3, -0.25) is 4.79 Å². The number of nitrogens with one attached hydrogen (secondary N) is 1. The number of carbonyl (C=O) groups is 1. The lowest BCUT2D eigenvalue weighted by atomic mass is 10.1. The molecular weight excluding hydrogens is 404 g/mol. The van der Waals surface area contributed by atoms with Crippen LogP contribution in [-0.4, -0.2) is 25.4 Å². The molecule has 5 rings (SSSR count). The van der Waals surface area contributed by atoms with Gasteiger partial charge in [0.2, 0.25) is 5.95 Å². The van der Waals surface area contributed by atoms with Crippen LogP contribution in [0.3, 0.4) is 0 Å². The molecule has 0 aliphatic rings. The molecule has 1 amide bonds. The molecule has 0 fully saturated rings. The highest BCUT2D eigenvalue weighted by Gasteiger charge is 2.16. The predicted molar refractivity (Wildman–Crippen MR) is 121 cm³/mol. The van der Waals surface area contributed by atoms with Crippen LogP contribution in [-0.2, 0) is 13.1 Å². The molecule has 0 unspecified atom stereocenters. The fourth-order valence-corrected chi connectivity index (χ4v) is 3.50. The summed E-state index contributed by atoms with van der Waals surface area (Å²) in [5.74, 6) is 0.619. The number of aromatic nitrogens is 4. The van der Waals surface area contributed by atoms with E-state index in [2.05, 4.69) is 20.3 Å². The summed E-state index contributed by atoms with van der Waals surface area (Å²) in [5, 5.41) is 2.94.